The molecule has 0 bridgehead atoms. The Morgan fingerprint density at radius 3 is 2.79 bits per heavy atom. The van der Waals surface area contributed by atoms with Crippen LogP contribution >= 0.6 is 0 Å². The standard InChI is InChI=1S/C17H19F2N3O2/c1-10-7-15(22-24-10)21-16(23)5-6-20-9-11-8-12(11)17-13(18)3-2-4-14(17)19/h2-4,7,11-12,20H,5-6,8-9H2,1H3,(H,21,22,23)/t11-,12+/m0/s1. The summed E-state index contributed by atoms with van der Waals surface area (Å²) in [5.41, 5.74) is 0.184. The summed E-state index contributed by atoms with van der Waals surface area (Å²) < 4.78 is 32.2. The Bertz CT molecular complexity index is 712. The first-order chi connectivity index (χ1) is 11.5. The maximum Gasteiger partial charge on any atom is 0.226 e. The van der Waals surface area contributed by atoms with Gasteiger partial charge >= 0.3 is 0 Å². The monoisotopic (exact) mass is 335 g/mol. The van der Waals surface area contributed by atoms with Crippen LogP contribution in [0.15, 0.2) is 28.8 Å². The molecular formula is C17H19F2N3O2. The van der Waals surface area contributed by atoms with Gasteiger partial charge in [0, 0.05) is 24.6 Å². The molecular weight excluding hydrogens is 316 g/mol. The van der Waals surface area contributed by atoms with E-state index in [1.165, 1.54) is 18.2 Å². The number of hydrogen-bond donors (Lipinski definition) is 2. The predicted octanol–water partition coefficient (Wildman–Crippen LogP) is 2.98. The highest BCUT2D eigenvalue weighted by atomic mass is 19.1. The average molecular weight is 335 g/mol. The number of hydrogen-bond acceptors (Lipinski definition) is 4. The molecule has 3 rings (SSSR count). The van der Waals surface area contributed by atoms with Gasteiger partial charge in [-0.1, -0.05) is 11.2 Å². The third-order valence-electron chi connectivity index (χ3n) is 4.12. The maximum absolute atomic E-state index is 13.7. The van der Waals surface area contributed by atoms with Gasteiger partial charge in [0.25, 0.3) is 0 Å². The minimum absolute atomic E-state index is 0.0781. The lowest BCUT2D eigenvalue weighted by molar-refractivity contribution is -0.116. The van der Waals surface area contributed by atoms with Crippen molar-refractivity contribution in [3.05, 3.63) is 47.2 Å². The predicted molar refractivity (Wildman–Crippen MR) is 84.6 cm³/mol. The van der Waals surface area contributed by atoms with E-state index in [1.807, 2.05) is 0 Å². The van der Waals surface area contributed by atoms with Gasteiger partial charge in [-0.05, 0) is 43.9 Å². The number of benzene rings is 1. The highest BCUT2D eigenvalue weighted by molar-refractivity contribution is 5.89. The number of aryl methyl sites for hydroxylation is 1. The fourth-order valence-electron chi connectivity index (χ4n) is 2.81. The molecule has 0 spiro atoms. The van der Waals surface area contributed by atoms with Gasteiger partial charge in [0.05, 0.1) is 0 Å². The SMILES string of the molecule is Cc1cc(NC(=O)CCNC[C@@H]2C[C@H]2c2c(F)cccc2F)no1. The van der Waals surface area contributed by atoms with Gasteiger partial charge in [-0.25, -0.2) is 8.78 Å². The van der Waals surface area contributed by atoms with Crippen LogP contribution in [0.1, 0.15) is 30.1 Å². The van der Waals surface area contributed by atoms with Crippen molar-refractivity contribution in [1.82, 2.24) is 10.5 Å². The molecule has 1 saturated carbocycles. The molecule has 24 heavy (non-hydrogen) atoms. The summed E-state index contributed by atoms with van der Waals surface area (Å²) in [5.74, 6) is 0.0273. The molecule has 1 fully saturated rings. The van der Waals surface area contributed by atoms with Crippen LogP contribution in [0.5, 0.6) is 0 Å². The minimum Gasteiger partial charge on any atom is -0.360 e. The van der Waals surface area contributed by atoms with Crippen LogP contribution in [0.25, 0.3) is 0 Å². The normalized spacial score (nSPS) is 19.3. The fraction of sp³-hybridized carbons (Fsp3) is 0.412. The van der Waals surface area contributed by atoms with Crippen molar-refractivity contribution < 1.29 is 18.1 Å². The second-order valence-corrected chi connectivity index (χ2v) is 6.06. The zero-order chi connectivity index (χ0) is 17.1. The number of aromatic nitrogens is 1. The Morgan fingerprint density at radius 2 is 2.12 bits per heavy atom. The number of carbonyl (C=O) groups is 1. The van der Waals surface area contributed by atoms with Crippen molar-refractivity contribution >= 4 is 11.7 Å². The summed E-state index contributed by atoms with van der Waals surface area (Å²) >= 11 is 0. The Hall–Kier alpha value is -2.28. The van der Waals surface area contributed by atoms with Crippen LogP contribution in [0.4, 0.5) is 14.6 Å². The topological polar surface area (TPSA) is 67.2 Å². The van der Waals surface area contributed by atoms with E-state index >= 15 is 0 Å². The largest absolute Gasteiger partial charge is 0.360 e. The number of halogens is 2. The maximum atomic E-state index is 13.7. The molecule has 2 atom stereocenters. The van der Waals surface area contributed by atoms with Crippen LogP contribution in [-0.2, 0) is 4.79 Å². The van der Waals surface area contributed by atoms with Crippen LogP contribution in [-0.4, -0.2) is 24.2 Å². The zero-order valence-corrected chi connectivity index (χ0v) is 13.3. The molecule has 7 heteroatoms. The highest BCUT2D eigenvalue weighted by Gasteiger charge is 2.41. The summed E-state index contributed by atoms with van der Waals surface area (Å²) in [7, 11) is 0. The molecule has 1 aromatic heterocycles. The number of amides is 1. The van der Waals surface area contributed by atoms with Gasteiger partial charge in [0.1, 0.15) is 17.4 Å². The minimum atomic E-state index is -0.482. The number of nitrogens with one attached hydrogen (secondary N) is 2. The van der Waals surface area contributed by atoms with Gasteiger partial charge in [-0.3, -0.25) is 4.79 Å². The van der Waals surface area contributed by atoms with Crippen molar-refractivity contribution in [2.24, 2.45) is 5.92 Å². The van der Waals surface area contributed by atoms with Crippen LogP contribution < -0.4 is 10.6 Å². The number of anilines is 1. The summed E-state index contributed by atoms with van der Waals surface area (Å²) in [6, 6.07) is 5.59. The number of carbonyl (C=O) groups excluding carboxylic acids is 1. The molecule has 1 aliphatic rings. The third-order valence-corrected chi connectivity index (χ3v) is 4.12. The van der Waals surface area contributed by atoms with Crippen molar-refractivity contribution in [2.45, 2.75) is 25.7 Å². The molecule has 128 valence electrons. The smallest absolute Gasteiger partial charge is 0.226 e. The summed E-state index contributed by atoms with van der Waals surface area (Å²) in [6.45, 7) is 2.87. The van der Waals surface area contributed by atoms with Crippen LogP contribution in [0.2, 0.25) is 0 Å². The average Bonchev–Trinajstić information content (AvgIpc) is 3.16. The first-order valence-corrected chi connectivity index (χ1v) is 7.92. The van der Waals surface area contributed by atoms with Gasteiger partial charge < -0.3 is 15.2 Å². The molecule has 1 heterocycles. The molecule has 0 unspecified atom stereocenters. The van der Waals surface area contributed by atoms with Crippen molar-refractivity contribution in [3.63, 3.8) is 0 Å². The Labute approximate surface area is 138 Å². The fourth-order valence-corrected chi connectivity index (χ4v) is 2.81. The molecule has 2 N–H and O–H groups in total. The lowest BCUT2D eigenvalue weighted by Crippen LogP contribution is -2.24. The summed E-state index contributed by atoms with van der Waals surface area (Å²) in [4.78, 5) is 11.7. The number of rotatable bonds is 7. The van der Waals surface area contributed by atoms with E-state index in [4.69, 9.17) is 4.52 Å². The Morgan fingerprint density at radius 1 is 1.38 bits per heavy atom. The molecule has 5 nitrogen and oxygen atoms in total. The first kappa shape index (κ1) is 16.6. The van der Waals surface area contributed by atoms with E-state index < -0.39 is 11.6 Å². The summed E-state index contributed by atoms with van der Waals surface area (Å²) in [6.07, 6.45) is 1.05. The Kier molecular flexibility index (Phi) is 4.89. The van der Waals surface area contributed by atoms with E-state index in [2.05, 4.69) is 15.8 Å². The molecule has 1 amide bonds. The molecule has 0 radical (unpaired) electrons. The molecule has 1 aromatic carbocycles. The van der Waals surface area contributed by atoms with Crippen molar-refractivity contribution in [3.8, 4) is 0 Å². The van der Waals surface area contributed by atoms with E-state index in [0.29, 0.717) is 24.7 Å². The van der Waals surface area contributed by atoms with Gasteiger partial charge in [0.2, 0.25) is 5.91 Å². The molecule has 2 aromatic rings. The van der Waals surface area contributed by atoms with Gasteiger partial charge in [-0.15, -0.1) is 0 Å². The van der Waals surface area contributed by atoms with Crippen molar-refractivity contribution in [1.29, 1.82) is 0 Å². The molecule has 1 aliphatic carbocycles. The third kappa shape index (κ3) is 3.97. The van der Waals surface area contributed by atoms with Gasteiger partial charge in [0.15, 0.2) is 5.82 Å². The van der Waals surface area contributed by atoms with E-state index in [9.17, 15) is 13.6 Å². The second-order valence-electron chi connectivity index (χ2n) is 6.06. The van der Waals surface area contributed by atoms with E-state index in [1.54, 1.807) is 13.0 Å². The van der Waals surface area contributed by atoms with Crippen molar-refractivity contribution in [2.75, 3.05) is 18.4 Å². The van der Waals surface area contributed by atoms with E-state index in [0.717, 1.165) is 6.42 Å². The van der Waals surface area contributed by atoms with Gasteiger partial charge in [-0.2, -0.15) is 0 Å². The first-order valence-electron chi connectivity index (χ1n) is 7.92. The molecule has 0 aliphatic heterocycles. The lowest BCUT2D eigenvalue weighted by atomic mass is 10.1. The molecule has 0 saturated heterocycles. The summed E-state index contributed by atoms with van der Waals surface area (Å²) in [5, 5.41) is 9.48. The Balaban J connectivity index is 1.37. The number of nitrogens with zero attached hydrogens (tertiary/aromatic N) is 1. The van der Waals surface area contributed by atoms with Crippen LogP contribution in [0, 0.1) is 24.5 Å². The highest BCUT2D eigenvalue weighted by Crippen LogP contribution is 2.48. The zero-order valence-electron chi connectivity index (χ0n) is 13.3. The second kappa shape index (κ2) is 7.09. The lowest BCUT2D eigenvalue weighted by Gasteiger charge is -2.06. The van der Waals surface area contributed by atoms with Crippen LogP contribution in [0.3, 0.4) is 0 Å². The van der Waals surface area contributed by atoms with E-state index in [-0.39, 0.29) is 29.7 Å². The quantitative estimate of drug-likeness (QED) is 0.764.